The zero-order chi connectivity index (χ0) is 20.5. The first-order valence-corrected chi connectivity index (χ1v) is 11.8. The molecule has 0 radical (unpaired) electrons. The minimum Gasteiger partial charge on any atom is -0.493 e. The minimum atomic E-state index is 0.511. The molecule has 1 heterocycles. The lowest BCUT2D eigenvalue weighted by Crippen LogP contribution is -2.44. The van der Waals surface area contributed by atoms with Gasteiger partial charge in [0, 0.05) is 17.5 Å². The van der Waals surface area contributed by atoms with Gasteiger partial charge >= 0.3 is 0 Å². The van der Waals surface area contributed by atoms with Crippen LogP contribution in [0, 0.1) is 0 Å². The highest BCUT2D eigenvalue weighted by Crippen LogP contribution is 2.28. The topological polar surface area (TPSA) is 33.7 Å². The van der Waals surface area contributed by atoms with Crippen LogP contribution < -0.4 is 14.8 Å². The quantitative estimate of drug-likeness (QED) is 0.446. The van der Waals surface area contributed by atoms with E-state index in [1.807, 2.05) is 6.07 Å². The normalized spacial score (nSPS) is 14.8. The van der Waals surface area contributed by atoms with Crippen LogP contribution in [0.15, 0.2) is 35.7 Å². The number of nitrogens with zero attached hydrogens (tertiary/aromatic N) is 1. The number of hydrogen-bond acceptors (Lipinski definition) is 4. The molecule has 2 aromatic rings. The number of thiocarbonyl (C=S) groups is 1. The molecule has 1 aliphatic carbocycles. The molecule has 0 unspecified atom stereocenters. The average Bonchev–Trinajstić information content (AvgIpc) is 3.13. The summed E-state index contributed by atoms with van der Waals surface area (Å²) in [7, 11) is 3.34. The highest BCUT2D eigenvalue weighted by Gasteiger charge is 2.17. The summed E-state index contributed by atoms with van der Waals surface area (Å²) >= 11 is 7.64. The van der Waals surface area contributed by atoms with E-state index in [1.165, 1.54) is 49.0 Å². The van der Waals surface area contributed by atoms with Gasteiger partial charge in [0.15, 0.2) is 16.6 Å². The van der Waals surface area contributed by atoms with Gasteiger partial charge in [-0.05, 0) is 60.6 Å². The van der Waals surface area contributed by atoms with Gasteiger partial charge < -0.3 is 19.7 Å². The predicted octanol–water partition coefficient (Wildman–Crippen LogP) is 5.41. The van der Waals surface area contributed by atoms with Crippen LogP contribution >= 0.6 is 23.6 Å². The summed E-state index contributed by atoms with van der Waals surface area (Å²) in [5.41, 5.74) is 1.22. The molecule has 0 atom stereocenters. The van der Waals surface area contributed by atoms with E-state index in [-0.39, 0.29) is 0 Å². The van der Waals surface area contributed by atoms with Crippen LogP contribution in [0.25, 0.3) is 0 Å². The molecule has 29 heavy (non-hydrogen) atoms. The molecule has 0 saturated heterocycles. The number of methoxy groups -OCH3 is 2. The second-order valence-corrected chi connectivity index (χ2v) is 9.00. The van der Waals surface area contributed by atoms with Gasteiger partial charge in [0.2, 0.25) is 0 Å². The number of nitrogens with one attached hydrogen (secondary N) is 1. The van der Waals surface area contributed by atoms with Crippen molar-refractivity contribution in [3.05, 3.63) is 46.2 Å². The Morgan fingerprint density at radius 1 is 1.10 bits per heavy atom. The molecule has 0 spiro atoms. The highest BCUT2D eigenvalue weighted by molar-refractivity contribution is 7.80. The SMILES string of the molecule is COc1ccc(CCN(Cc2cccs2)C(=S)NC2CCCCCC2)cc1OC. The summed E-state index contributed by atoms with van der Waals surface area (Å²) in [5.74, 6) is 1.53. The fraction of sp³-hybridized carbons (Fsp3) is 0.522. The van der Waals surface area contributed by atoms with Crippen LogP contribution in [0.4, 0.5) is 0 Å². The van der Waals surface area contributed by atoms with Gasteiger partial charge in [-0.15, -0.1) is 11.3 Å². The molecular formula is C23H32N2O2S2. The highest BCUT2D eigenvalue weighted by atomic mass is 32.1. The summed E-state index contributed by atoms with van der Waals surface area (Å²) in [6.07, 6.45) is 8.66. The lowest BCUT2D eigenvalue weighted by Gasteiger charge is -2.29. The van der Waals surface area contributed by atoms with Gasteiger partial charge in [-0.25, -0.2) is 0 Å². The molecule has 158 valence electrons. The standard InChI is InChI=1S/C23H32N2O2S2/c1-26-21-12-11-18(16-22(21)27-2)13-14-25(17-20-10-7-15-29-20)23(28)24-19-8-5-3-4-6-9-19/h7,10-12,15-16,19H,3-6,8-9,13-14,17H2,1-2H3,(H,24,28). The molecule has 4 nitrogen and oxygen atoms in total. The van der Waals surface area contributed by atoms with E-state index in [2.05, 4.69) is 39.9 Å². The first kappa shape index (κ1) is 21.9. The van der Waals surface area contributed by atoms with Crippen LogP contribution in [-0.2, 0) is 13.0 Å². The van der Waals surface area contributed by atoms with Crippen molar-refractivity contribution < 1.29 is 9.47 Å². The second-order valence-electron chi connectivity index (χ2n) is 7.58. The monoisotopic (exact) mass is 432 g/mol. The molecule has 1 N–H and O–H groups in total. The van der Waals surface area contributed by atoms with E-state index in [9.17, 15) is 0 Å². The van der Waals surface area contributed by atoms with Crippen molar-refractivity contribution in [3.63, 3.8) is 0 Å². The molecule has 0 aliphatic heterocycles. The maximum absolute atomic E-state index is 5.85. The Bertz CT molecular complexity index is 756. The number of ether oxygens (including phenoxy) is 2. The molecule has 3 rings (SSSR count). The zero-order valence-corrected chi connectivity index (χ0v) is 19.1. The van der Waals surface area contributed by atoms with Crippen LogP contribution in [0.3, 0.4) is 0 Å². The summed E-state index contributed by atoms with van der Waals surface area (Å²) in [4.78, 5) is 3.64. The van der Waals surface area contributed by atoms with Gasteiger partial charge in [-0.2, -0.15) is 0 Å². The summed E-state index contributed by atoms with van der Waals surface area (Å²) in [6, 6.07) is 10.9. The summed E-state index contributed by atoms with van der Waals surface area (Å²) < 4.78 is 10.8. The Kier molecular flexibility index (Phi) is 8.62. The Hall–Kier alpha value is -1.79. The predicted molar refractivity (Wildman–Crippen MR) is 125 cm³/mol. The van der Waals surface area contributed by atoms with E-state index < -0.39 is 0 Å². The maximum Gasteiger partial charge on any atom is 0.169 e. The summed E-state index contributed by atoms with van der Waals surface area (Å²) in [5, 5.41) is 6.67. The van der Waals surface area contributed by atoms with E-state index >= 15 is 0 Å². The van der Waals surface area contributed by atoms with Crippen molar-refractivity contribution >= 4 is 28.7 Å². The molecule has 0 bridgehead atoms. The summed E-state index contributed by atoms with van der Waals surface area (Å²) in [6.45, 7) is 1.72. The maximum atomic E-state index is 5.85. The van der Waals surface area contributed by atoms with E-state index in [0.29, 0.717) is 6.04 Å². The molecule has 1 fully saturated rings. The van der Waals surface area contributed by atoms with Crippen LogP contribution in [-0.4, -0.2) is 36.8 Å². The van der Waals surface area contributed by atoms with Crippen molar-refractivity contribution in [1.29, 1.82) is 0 Å². The Morgan fingerprint density at radius 2 is 1.86 bits per heavy atom. The van der Waals surface area contributed by atoms with Gasteiger partial charge in [-0.3, -0.25) is 0 Å². The molecule has 1 saturated carbocycles. The van der Waals surface area contributed by atoms with Gasteiger partial charge in [-0.1, -0.05) is 37.8 Å². The van der Waals surface area contributed by atoms with Crippen molar-refractivity contribution in [1.82, 2.24) is 10.2 Å². The van der Waals surface area contributed by atoms with Crippen LogP contribution in [0.2, 0.25) is 0 Å². The van der Waals surface area contributed by atoms with E-state index in [4.69, 9.17) is 21.7 Å². The first-order chi connectivity index (χ1) is 14.2. The molecule has 0 amide bonds. The number of rotatable bonds is 8. The molecule has 6 heteroatoms. The van der Waals surface area contributed by atoms with Crippen molar-refractivity contribution in [2.45, 2.75) is 57.5 Å². The Balaban J connectivity index is 1.65. The van der Waals surface area contributed by atoms with Crippen molar-refractivity contribution in [2.75, 3.05) is 20.8 Å². The van der Waals surface area contributed by atoms with Gasteiger partial charge in [0.25, 0.3) is 0 Å². The molecule has 1 aromatic heterocycles. The molecule has 1 aliphatic rings. The van der Waals surface area contributed by atoms with E-state index in [0.717, 1.165) is 36.1 Å². The minimum absolute atomic E-state index is 0.511. The molecular weight excluding hydrogens is 400 g/mol. The number of benzene rings is 1. The lowest BCUT2D eigenvalue weighted by atomic mass is 10.1. The Labute approximate surface area is 184 Å². The number of hydrogen-bond donors (Lipinski definition) is 1. The van der Waals surface area contributed by atoms with Gasteiger partial charge in [0.1, 0.15) is 0 Å². The van der Waals surface area contributed by atoms with Crippen LogP contribution in [0.1, 0.15) is 49.0 Å². The smallest absolute Gasteiger partial charge is 0.169 e. The Morgan fingerprint density at radius 3 is 2.52 bits per heavy atom. The first-order valence-electron chi connectivity index (χ1n) is 10.5. The second kappa shape index (κ2) is 11.4. The lowest BCUT2D eigenvalue weighted by molar-refractivity contribution is 0.354. The van der Waals surface area contributed by atoms with Crippen molar-refractivity contribution in [2.24, 2.45) is 0 Å². The van der Waals surface area contributed by atoms with Crippen LogP contribution in [0.5, 0.6) is 11.5 Å². The fourth-order valence-corrected chi connectivity index (χ4v) is 4.87. The van der Waals surface area contributed by atoms with Crippen molar-refractivity contribution in [3.8, 4) is 11.5 Å². The van der Waals surface area contributed by atoms with Gasteiger partial charge in [0.05, 0.1) is 20.8 Å². The third kappa shape index (κ3) is 6.61. The van der Waals surface area contributed by atoms with E-state index in [1.54, 1.807) is 25.6 Å². The molecule has 1 aromatic carbocycles. The largest absolute Gasteiger partial charge is 0.493 e. The third-order valence-electron chi connectivity index (χ3n) is 5.52. The number of thiophene rings is 1. The third-order valence-corrected chi connectivity index (χ3v) is 6.75. The average molecular weight is 433 g/mol. The zero-order valence-electron chi connectivity index (χ0n) is 17.5. The fourth-order valence-electron chi connectivity index (χ4n) is 3.83.